The summed E-state index contributed by atoms with van der Waals surface area (Å²) in [5, 5.41) is 0. The van der Waals surface area contributed by atoms with Gasteiger partial charge in [-0.25, -0.2) is 0 Å². The van der Waals surface area contributed by atoms with E-state index in [1.165, 1.54) is 45.2 Å². The second-order valence-corrected chi connectivity index (χ2v) is 4.13. The van der Waals surface area contributed by atoms with Gasteiger partial charge in [0.25, 0.3) is 0 Å². The molecular formula is C12H27N. The van der Waals surface area contributed by atoms with Gasteiger partial charge in [-0.3, -0.25) is 0 Å². The van der Waals surface area contributed by atoms with Crippen LogP contribution in [0.25, 0.3) is 0 Å². The molecule has 0 saturated carbocycles. The predicted molar refractivity (Wildman–Crippen MR) is 61.1 cm³/mol. The molecule has 0 saturated heterocycles. The van der Waals surface area contributed by atoms with Gasteiger partial charge in [0.2, 0.25) is 0 Å². The van der Waals surface area contributed by atoms with E-state index in [0.717, 1.165) is 5.92 Å². The van der Waals surface area contributed by atoms with Crippen molar-refractivity contribution in [2.75, 3.05) is 20.1 Å². The number of rotatable bonds is 8. The van der Waals surface area contributed by atoms with Crippen molar-refractivity contribution in [3.05, 3.63) is 0 Å². The molecule has 0 spiro atoms. The Morgan fingerprint density at radius 3 is 1.85 bits per heavy atom. The first-order valence-corrected chi connectivity index (χ1v) is 5.93. The van der Waals surface area contributed by atoms with E-state index < -0.39 is 0 Å². The van der Waals surface area contributed by atoms with E-state index in [9.17, 15) is 0 Å². The highest BCUT2D eigenvalue weighted by Gasteiger charge is 2.07. The highest BCUT2D eigenvalue weighted by Crippen LogP contribution is 2.17. The molecule has 0 rings (SSSR count). The third kappa shape index (κ3) is 7.06. The van der Waals surface area contributed by atoms with Crippen LogP contribution in [0.3, 0.4) is 0 Å². The van der Waals surface area contributed by atoms with Crippen molar-refractivity contribution in [1.29, 1.82) is 0 Å². The lowest BCUT2D eigenvalue weighted by atomic mass is 9.95. The van der Waals surface area contributed by atoms with Crippen LogP contribution < -0.4 is 0 Å². The molecule has 13 heavy (non-hydrogen) atoms. The molecule has 0 fully saturated rings. The maximum absolute atomic E-state index is 2.42. The average Bonchev–Trinajstić information content (AvgIpc) is 2.14. The highest BCUT2D eigenvalue weighted by atomic mass is 15.1. The molecule has 0 aromatic carbocycles. The molecule has 0 N–H and O–H groups in total. The standard InChI is InChI=1S/C12H27N/c1-5-8-12(9-6-2)10-11-13(4)7-3/h12H,5-11H2,1-4H3. The summed E-state index contributed by atoms with van der Waals surface area (Å²) >= 11 is 0. The summed E-state index contributed by atoms with van der Waals surface area (Å²) in [6, 6.07) is 0. The van der Waals surface area contributed by atoms with E-state index >= 15 is 0 Å². The molecule has 0 aliphatic rings. The molecule has 0 aromatic heterocycles. The van der Waals surface area contributed by atoms with E-state index in [1.807, 2.05) is 0 Å². The zero-order valence-corrected chi connectivity index (χ0v) is 9.97. The van der Waals surface area contributed by atoms with Gasteiger partial charge in [0.1, 0.15) is 0 Å². The second kappa shape index (κ2) is 8.55. The monoisotopic (exact) mass is 185 g/mol. The largest absolute Gasteiger partial charge is 0.307 e. The lowest BCUT2D eigenvalue weighted by Crippen LogP contribution is -2.21. The Morgan fingerprint density at radius 1 is 0.923 bits per heavy atom. The Kier molecular flexibility index (Phi) is 8.53. The molecule has 0 radical (unpaired) electrons. The maximum atomic E-state index is 2.42. The average molecular weight is 185 g/mol. The SMILES string of the molecule is CCCC(CCC)CCN(C)CC. The van der Waals surface area contributed by atoms with Gasteiger partial charge in [-0.1, -0.05) is 46.5 Å². The van der Waals surface area contributed by atoms with E-state index in [4.69, 9.17) is 0 Å². The van der Waals surface area contributed by atoms with E-state index in [1.54, 1.807) is 0 Å². The summed E-state index contributed by atoms with van der Waals surface area (Å²) in [5.41, 5.74) is 0. The van der Waals surface area contributed by atoms with Crippen molar-refractivity contribution in [3.63, 3.8) is 0 Å². The molecule has 0 bridgehead atoms. The van der Waals surface area contributed by atoms with Gasteiger partial charge in [0.15, 0.2) is 0 Å². The molecular weight excluding hydrogens is 158 g/mol. The molecule has 0 aromatic rings. The summed E-state index contributed by atoms with van der Waals surface area (Å²) in [7, 11) is 2.22. The minimum absolute atomic E-state index is 0.976. The Bertz CT molecular complexity index is 95.3. The summed E-state index contributed by atoms with van der Waals surface area (Å²) in [6.45, 7) is 9.29. The number of hydrogen-bond donors (Lipinski definition) is 0. The van der Waals surface area contributed by atoms with Gasteiger partial charge >= 0.3 is 0 Å². The summed E-state index contributed by atoms with van der Waals surface area (Å²) in [6.07, 6.45) is 6.93. The molecule has 1 heteroatoms. The third-order valence-corrected chi connectivity index (χ3v) is 2.85. The topological polar surface area (TPSA) is 3.24 Å². The third-order valence-electron chi connectivity index (χ3n) is 2.85. The van der Waals surface area contributed by atoms with Crippen molar-refractivity contribution < 1.29 is 0 Å². The fourth-order valence-electron chi connectivity index (χ4n) is 1.81. The van der Waals surface area contributed by atoms with E-state index in [0.29, 0.717) is 0 Å². The molecule has 1 nitrogen and oxygen atoms in total. The normalized spacial score (nSPS) is 11.5. The minimum Gasteiger partial charge on any atom is -0.307 e. The Morgan fingerprint density at radius 2 is 1.46 bits per heavy atom. The van der Waals surface area contributed by atoms with Crippen molar-refractivity contribution in [2.24, 2.45) is 5.92 Å². The van der Waals surface area contributed by atoms with Crippen molar-refractivity contribution in [1.82, 2.24) is 4.90 Å². The zero-order chi connectivity index (χ0) is 10.1. The van der Waals surface area contributed by atoms with Crippen LogP contribution in [0.2, 0.25) is 0 Å². The van der Waals surface area contributed by atoms with Crippen molar-refractivity contribution in [3.8, 4) is 0 Å². The smallest absolute Gasteiger partial charge is 0.00193 e. The van der Waals surface area contributed by atoms with Crippen LogP contribution in [-0.4, -0.2) is 25.0 Å². The Labute approximate surface area is 84.5 Å². The van der Waals surface area contributed by atoms with Gasteiger partial charge in [-0.05, 0) is 32.5 Å². The van der Waals surface area contributed by atoms with Crippen molar-refractivity contribution >= 4 is 0 Å². The lowest BCUT2D eigenvalue weighted by Gasteiger charge is -2.19. The fraction of sp³-hybridized carbons (Fsp3) is 1.00. The van der Waals surface area contributed by atoms with Crippen LogP contribution >= 0.6 is 0 Å². The first kappa shape index (κ1) is 13.0. The van der Waals surface area contributed by atoms with Crippen molar-refractivity contribution in [2.45, 2.75) is 52.9 Å². The second-order valence-electron chi connectivity index (χ2n) is 4.13. The van der Waals surface area contributed by atoms with Gasteiger partial charge in [0, 0.05) is 0 Å². The Balaban J connectivity index is 3.55. The number of nitrogens with zero attached hydrogens (tertiary/aromatic N) is 1. The first-order chi connectivity index (χ1) is 6.24. The predicted octanol–water partition coefficient (Wildman–Crippen LogP) is 3.54. The Hall–Kier alpha value is -0.0400. The quantitative estimate of drug-likeness (QED) is 0.559. The molecule has 0 aliphatic heterocycles. The molecule has 80 valence electrons. The molecule has 0 atom stereocenters. The zero-order valence-electron chi connectivity index (χ0n) is 9.97. The summed E-state index contributed by atoms with van der Waals surface area (Å²) in [5.74, 6) is 0.976. The van der Waals surface area contributed by atoms with Crippen LogP contribution in [0.4, 0.5) is 0 Å². The first-order valence-electron chi connectivity index (χ1n) is 5.93. The molecule has 0 aliphatic carbocycles. The lowest BCUT2D eigenvalue weighted by molar-refractivity contribution is 0.296. The van der Waals surface area contributed by atoms with Gasteiger partial charge in [-0.2, -0.15) is 0 Å². The van der Waals surface area contributed by atoms with E-state index in [2.05, 4.69) is 32.7 Å². The highest BCUT2D eigenvalue weighted by molar-refractivity contribution is 4.60. The molecule has 0 amide bonds. The van der Waals surface area contributed by atoms with Crippen LogP contribution in [0.15, 0.2) is 0 Å². The summed E-state index contributed by atoms with van der Waals surface area (Å²) in [4.78, 5) is 2.42. The van der Waals surface area contributed by atoms with Gasteiger partial charge in [-0.15, -0.1) is 0 Å². The maximum Gasteiger partial charge on any atom is -0.00193 e. The van der Waals surface area contributed by atoms with Gasteiger partial charge < -0.3 is 4.90 Å². The van der Waals surface area contributed by atoms with E-state index in [-0.39, 0.29) is 0 Å². The van der Waals surface area contributed by atoms with Crippen LogP contribution in [-0.2, 0) is 0 Å². The molecule has 0 heterocycles. The fourth-order valence-corrected chi connectivity index (χ4v) is 1.81. The molecule has 0 unspecified atom stereocenters. The number of hydrogen-bond acceptors (Lipinski definition) is 1. The van der Waals surface area contributed by atoms with Crippen LogP contribution in [0.1, 0.15) is 52.9 Å². The summed E-state index contributed by atoms with van der Waals surface area (Å²) < 4.78 is 0. The van der Waals surface area contributed by atoms with Crippen LogP contribution in [0, 0.1) is 5.92 Å². The van der Waals surface area contributed by atoms with Gasteiger partial charge in [0.05, 0.1) is 0 Å². The minimum atomic E-state index is 0.976. The van der Waals surface area contributed by atoms with Crippen LogP contribution in [0.5, 0.6) is 0 Å².